The van der Waals surface area contributed by atoms with Crippen molar-refractivity contribution in [2.45, 2.75) is 12.0 Å². The van der Waals surface area contributed by atoms with E-state index in [0.717, 1.165) is 13.0 Å². The van der Waals surface area contributed by atoms with Crippen LogP contribution in [0.2, 0.25) is 0 Å². The summed E-state index contributed by atoms with van der Waals surface area (Å²) in [5.74, 6) is 0. The third-order valence-corrected chi connectivity index (χ3v) is 2.54. The van der Waals surface area contributed by atoms with Gasteiger partial charge in [-0.3, -0.25) is 0 Å². The summed E-state index contributed by atoms with van der Waals surface area (Å²) in [6.45, 7) is 2.15. The molecule has 0 saturated carbocycles. The lowest BCUT2D eigenvalue weighted by Gasteiger charge is -2.37. The van der Waals surface area contributed by atoms with Gasteiger partial charge in [-0.1, -0.05) is 0 Å². The molecule has 0 unspecified atom stereocenters. The molecular weight excluding hydrogens is 232 g/mol. The van der Waals surface area contributed by atoms with Crippen molar-refractivity contribution in [2.75, 3.05) is 61.9 Å². The number of carbonyl (C=O) groups is 1. The van der Waals surface area contributed by atoms with Crippen molar-refractivity contribution in [3.63, 3.8) is 0 Å². The molecule has 0 aliphatic heterocycles. The molecule has 6 nitrogen and oxygen atoms in total. The van der Waals surface area contributed by atoms with Gasteiger partial charge in [0.15, 0.2) is 0 Å². The van der Waals surface area contributed by atoms with E-state index in [-0.39, 0.29) is 0 Å². The van der Waals surface area contributed by atoms with Crippen LogP contribution in [0.4, 0.5) is 4.79 Å². The summed E-state index contributed by atoms with van der Waals surface area (Å²) in [5, 5.41) is 0. The van der Waals surface area contributed by atoms with Gasteiger partial charge in [0.1, 0.15) is 5.60 Å². The summed E-state index contributed by atoms with van der Waals surface area (Å²) in [5.41, 5.74) is 4.66. The molecule has 0 aromatic carbocycles. The fraction of sp³-hybridized carbons (Fsp3) is 0.917. The van der Waals surface area contributed by atoms with Crippen molar-refractivity contribution in [2.24, 2.45) is 5.73 Å². The van der Waals surface area contributed by atoms with E-state index < -0.39 is 11.7 Å². The fourth-order valence-corrected chi connectivity index (χ4v) is 2.12. The zero-order valence-corrected chi connectivity index (χ0v) is 12.6. The molecule has 0 bridgehead atoms. The fourth-order valence-electron chi connectivity index (χ4n) is 2.12. The Bertz CT molecular complexity index is 244. The number of rotatable bonds is 8. The van der Waals surface area contributed by atoms with E-state index in [4.69, 9.17) is 10.5 Å². The number of likely N-dealkylation sites (N-methyl/N-ethyl adjacent to an activating group) is 2. The molecule has 0 spiro atoms. The summed E-state index contributed by atoms with van der Waals surface area (Å²) in [7, 11) is 11.9. The Balaban J connectivity index is 4.91. The van der Waals surface area contributed by atoms with Gasteiger partial charge >= 0.3 is 6.09 Å². The summed E-state index contributed by atoms with van der Waals surface area (Å²) in [6, 6.07) is 0. The van der Waals surface area contributed by atoms with Crippen LogP contribution in [0.3, 0.4) is 0 Å². The highest BCUT2D eigenvalue weighted by Crippen LogP contribution is 2.19. The van der Waals surface area contributed by atoms with Gasteiger partial charge in [0.05, 0.1) is 0 Å². The van der Waals surface area contributed by atoms with Crippen molar-refractivity contribution in [1.82, 2.24) is 14.7 Å². The number of hydrogen-bond acceptors (Lipinski definition) is 5. The van der Waals surface area contributed by atoms with Crippen LogP contribution in [0, 0.1) is 0 Å². The number of amides is 1. The summed E-state index contributed by atoms with van der Waals surface area (Å²) in [6.07, 6.45) is 0.0386. The van der Waals surface area contributed by atoms with Crippen LogP contribution in [0.1, 0.15) is 6.42 Å². The molecule has 6 heteroatoms. The van der Waals surface area contributed by atoms with E-state index in [1.54, 1.807) is 0 Å². The summed E-state index contributed by atoms with van der Waals surface area (Å²) < 4.78 is 5.44. The molecule has 0 atom stereocenters. The van der Waals surface area contributed by atoms with Gasteiger partial charge in [0, 0.05) is 26.1 Å². The Morgan fingerprint density at radius 2 is 1.44 bits per heavy atom. The molecule has 2 N–H and O–H groups in total. The van der Waals surface area contributed by atoms with Gasteiger partial charge < -0.3 is 25.2 Å². The Kier molecular flexibility index (Phi) is 7.20. The second-order valence-electron chi connectivity index (χ2n) is 5.63. The maximum absolute atomic E-state index is 11.2. The predicted molar refractivity (Wildman–Crippen MR) is 73.7 cm³/mol. The third kappa shape index (κ3) is 7.47. The molecule has 108 valence electrons. The number of primary amides is 1. The molecule has 0 aromatic rings. The highest BCUT2D eigenvalue weighted by molar-refractivity contribution is 5.65. The highest BCUT2D eigenvalue weighted by atomic mass is 16.6. The van der Waals surface area contributed by atoms with Crippen molar-refractivity contribution in [3.8, 4) is 0 Å². The van der Waals surface area contributed by atoms with E-state index >= 15 is 0 Å². The Morgan fingerprint density at radius 3 is 1.72 bits per heavy atom. The maximum Gasteiger partial charge on any atom is 0.405 e. The third-order valence-electron chi connectivity index (χ3n) is 2.54. The van der Waals surface area contributed by atoms with Crippen LogP contribution in [0.5, 0.6) is 0 Å². The minimum absolute atomic E-state index is 0.566. The van der Waals surface area contributed by atoms with Gasteiger partial charge in [-0.2, -0.15) is 0 Å². The average molecular weight is 260 g/mol. The Morgan fingerprint density at radius 1 is 1.00 bits per heavy atom. The van der Waals surface area contributed by atoms with Crippen LogP contribution in [-0.2, 0) is 4.74 Å². The number of hydrogen-bond donors (Lipinski definition) is 1. The van der Waals surface area contributed by atoms with Crippen LogP contribution in [0.25, 0.3) is 0 Å². The quantitative estimate of drug-likeness (QED) is 0.660. The van der Waals surface area contributed by atoms with Gasteiger partial charge in [-0.15, -0.1) is 0 Å². The zero-order chi connectivity index (χ0) is 14.3. The first kappa shape index (κ1) is 17.2. The first-order valence-corrected chi connectivity index (χ1v) is 6.09. The highest BCUT2D eigenvalue weighted by Gasteiger charge is 2.35. The molecule has 0 aliphatic rings. The zero-order valence-electron chi connectivity index (χ0n) is 12.6. The van der Waals surface area contributed by atoms with Crippen molar-refractivity contribution >= 4 is 6.09 Å². The lowest BCUT2D eigenvalue weighted by Crippen LogP contribution is -2.53. The smallest absolute Gasteiger partial charge is 0.405 e. The maximum atomic E-state index is 11.2. The van der Waals surface area contributed by atoms with Crippen molar-refractivity contribution < 1.29 is 9.53 Å². The molecule has 0 fully saturated rings. The molecule has 0 heterocycles. The molecule has 0 aliphatic carbocycles. The van der Waals surface area contributed by atoms with Crippen molar-refractivity contribution in [3.05, 3.63) is 0 Å². The average Bonchev–Trinajstić information content (AvgIpc) is 2.11. The lowest BCUT2D eigenvalue weighted by molar-refractivity contribution is -0.0281. The van der Waals surface area contributed by atoms with Gasteiger partial charge in [-0.25, -0.2) is 4.79 Å². The van der Waals surface area contributed by atoms with Gasteiger partial charge in [0.2, 0.25) is 0 Å². The van der Waals surface area contributed by atoms with E-state index in [1.165, 1.54) is 0 Å². The van der Waals surface area contributed by atoms with E-state index in [2.05, 4.69) is 4.90 Å². The largest absolute Gasteiger partial charge is 0.440 e. The summed E-state index contributed by atoms with van der Waals surface area (Å²) in [4.78, 5) is 17.3. The standard InChI is InChI=1S/C12H28N4O2/c1-14(2)8-7-12(9-15(3)4,10-16(5)6)18-11(13)17/h7-10H2,1-6H3,(H2,13,17). The molecule has 0 rings (SSSR count). The topological polar surface area (TPSA) is 62.0 Å². The number of ether oxygens (including phenoxy) is 1. The predicted octanol–water partition coefficient (Wildman–Crippen LogP) is -0.105. The molecular formula is C12H28N4O2. The molecule has 18 heavy (non-hydrogen) atoms. The molecule has 0 saturated heterocycles. The number of carbonyl (C=O) groups excluding carboxylic acids is 1. The second-order valence-corrected chi connectivity index (χ2v) is 5.63. The van der Waals surface area contributed by atoms with Gasteiger partial charge in [0.25, 0.3) is 0 Å². The number of nitrogens with zero attached hydrogens (tertiary/aromatic N) is 3. The monoisotopic (exact) mass is 260 g/mol. The Hall–Kier alpha value is -0.850. The first-order valence-electron chi connectivity index (χ1n) is 6.09. The van der Waals surface area contributed by atoms with E-state index in [1.807, 2.05) is 52.1 Å². The minimum atomic E-state index is -0.711. The van der Waals surface area contributed by atoms with E-state index in [9.17, 15) is 4.79 Å². The normalized spacial score (nSPS) is 12.5. The van der Waals surface area contributed by atoms with Crippen molar-refractivity contribution in [1.29, 1.82) is 0 Å². The lowest BCUT2D eigenvalue weighted by atomic mass is 9.97. The molecule has 0 aromatic heterocycles. The van der Waals surface area contributed by atoms with Gasteiger partial charge in [-0.05, 0) is 42.3 Å². The van der Waals surface area contributed by atoms with Crippen LogP contribution in [0.15, 0.2) is 0 Å². The summed E-state index contributed by atoms with van der Waals surface area (Å²) >= 11 is 0. The van der Waals surface area contributed by atoms with Crippen LogP contribution in [-0.4, -0.2) is 88.3 Å². The second kappa shape index (κ2) is 7.56. The Labute approximate surface area is 111 Å². The SMILES string of the molecule is CN(C)CCC(CN(C)C)(CN(C)C)OC(N)=O. The number of nitrogens with two attached hydrogens (primary N) is 1. The van der Waals surface area contributed by atoms with E-state index in [0.29, 0.717) is 13.1 Å². The van der Waals surface area contributed by atoms with Crippen LogP contribution >= 0.6 is 0 Å². The molecule has 0 radical (unpaired) electrons. The first-order chi connectivity index (χ1) is 8.17. The van der Waals surface area contributed by atoms with Crippen LogP contribution < -0.4 is 5.73 Å². The minimum Gasteiger partial charge on any atom is -0.440 e. The molecule has 1 amide bonds.